The largest absolute Gasteiger partial charge is 0.338 e. The Balaban J connectivity index is 1.43. The molecule has 1 amide bonds. The lowest BCUT2D eigenvalue weighted by Crippen LogP contribution is -2.29. The van der Waals surface area contributed by atoms with Gasteiger partial charge in [0.05, 0.1) is 23.3 Å². The lowest BCUT2D eigenvalue weighted by atomic mass is 10.2. The molecule has 0 bridgehead atoms. The van der Waals surface area contributed by atoms with Crippen molar-refractivity contribution in [2.45, 2.75) is 32.1 Å². The predicted molar refractivity (Wildman–Crippen MR) is 119 cm³/mol. The van der Waals surface area contributed by atoms with Gasteiger partial charge in [0.1, 0.15) is 12.2 Å². The number of amides is 1. The van der Waals surface area contributed by atoms with E-state index in [2.05, 4.69) is 27.8 Å². The molecule has 0 aliphatic rings. The highest BCUT2D eigenvalue weighted by molar-refractivity contribution is 7.99. The fourth-order valence-corrected chi connectivity index (χ4v) is 4.21. The van der Waals surface area contributed by atoms with Crippen LogP contribution in [0.1, 0.15) is 18.3 Å². The van der Waals surface area contributed by atoms with E-state index in [1.54, 1.807) is 11.2 Å². The Bertz CT molecular complexity index is 1160. The molecule has 154 valence electrons. The number of hydrogen-bond donors (Lipinski definition) is 0. The van der Waals surface area contributed by atoms with Gasteiger partial charge in [-0.05, 0) is 38.1 Å². The van der Waals surface area contributed by atoms with Crippen LogP contribution in [0.15, 0.2) is 60.0 Å². The molecule has 0 saturated heterocycles. The Morgan fingerprint density at radius 3 is 2.67 bits per heavy atom. The van der Waals surface area contributed by atoms with E-state index < -0.39 is 0 Å². The van der Waals surface area contributed by atoms with Crippen LogP contribution in [0, 0.1) is 6.92 Å². The highest BCUT2D eigenvalue weighted by Gasteiger charge is 2.17. The zero-order valence-electron chi connectivity index (χ0n) is 17.3. The molecule has 2 aromatic carbocycles. The Morgan fingerprint density at radius 2 is 1.90 bits per heavy atom. The maximum atomic E-state index is 12.8. The summed E-state index contributed by atoms with van der Waals surface area (Å²) in [4.78, 5) is 19.2. The molecule has 0 saturated carbocycles. The first kappa shape index (κ1) is 20.2. The van der Waals surface area contributed by atoms with Gasteiger partial charge in [-0.15, -0.1) is 10.2 Å². The van der Waals surface area contributed by atoms with Gasteiger partial charge in [0.25, 0.3) is 0 Å². The van der Waals surface area contributed by atoms with Crippen LogP contribution in [0.5, 0.6) is 0 Å². The third kappa shape index (κ3) is 4.09. The highest BCUT2D eigenvalue weighted by Crippen LogP contribution is 2.21. The summed E-state index contributed by atoms with van der Waals surface area (Å²) in [5.74, 6) is 1.20. The molecule has 0 unspecified atom stereocenters. The van der Waals surface area contributed by atoms with E-state index in [4.69, 9.17) is 4.98 Å². The van der Waals surface area contributed by atoms with Gasteiger partial charge < -0.3 is 9.47 Å². The van der Waals surface area contributed by atoms with Crippen LogP contribution in [0.2, 0.25) is 0 Å². The molecule has 0 N–H and O–H groups in total. The fourth-order valence-electron chi connectivity index (χ4n) is 3.34. The lowest BCUT2D eigenvalue weighted by molar-refractivity contribution is -0.127. The molecule has 0 aliphatic heterocycles. The van der Waals surface area contributed by atoms with Crippen molar-refractivity contribution in [2.75, 3.05) is 12.8 Å². The normalized spacial score (nSPS) is 11.2. The highest BCUT2D eigenvalue weighted by atomic mass is 32.2. The summed E-state index contributed by atoms with van der Waals surface area (Å²) < 4.78 is 4.05. The van der Waals surface area contributed by atoms with E-state index in [1.807, 2.05) is 61.0 Å². The van der Waals surface area contributed by atoms with E-state index in [-0.39, 0.29) is 11.7 Å². The predicted octanol–water partition coefficient (Wildman–Crippen LogP) is 3.70. The smallest absolute Gasteiger partial charge is 0.233 e. The van der Waals surface area contributed by atoms with Gasteiger partial charge in [0.15, 0.2) is 5.16 Å². The van der Waals surface area contributed by atoms with Crippen molar-refractivity contribution < 1.29 is 4.79 Å². The first-order valence-electron chi connectivity index (χ1n) is 9.84. The molecule has 30 heavy (non-hydrogen) atoms. The van der Waals surface area contributed by atoms with Gasteiger partial charge in [-0.1, -0.05) is 41.6 Å². The van der Waals surface area contributed by atoms with E-state index in [0.717, 1.165) is 29.1 Å². The molecule has 7 nitrogen and oxygen atoms in total. The van der Waals surface area contributed by atoms with Gasteiger partial charge in [-0.2, -0.15) is 0 Å². The van der Waals surface area contributed by atoms with Crippen LogP contribution in [0.3, 0.4) is 0 Å². The summed E-state index contributed by atoms with van der Waals surface area (Å²) >= 11 is 1.39. The number of carbonyl (C=O) groups excluding carboxylic acids is 1. The van der Waals surface area contributed by atoms with E-state index in [1.165, 1.54) is 17.3 Å². The minimum absolute atomic E-state index is 0.0214. The van der Waals surface area contributed by atoms with Crippen molar-refractivity contribution in [2.24, 2.45) is 0 Å². The number of rotatable bonds is 7. The Hall–Kier alpha value is -3.13. The topological polar surface area (TPSA) is 68.8 Å². The fraction of sp³-hybridized carbons (Fsp3) is 0.273. The summed E-state index contributed by atoms with van der Waals surface area (Å²) in [6.07, 6.45) is 1.67. The van der Waals surface area contributed by atoms with E-state index >= 15 is 0 Å². The summed E-state index contributed by atoms with van der Waals surface area (Å²) in [6, 6.07) is 16.2. The third-order valence-electron chi connectivity index (χ3n) is 5.01. The van der Waals surface area contributed by atoms with Gasteiger partial charge in [0, 0.05) is 19.3 Å². The second-order valence-electron chi connectivity index (χ2n) is 7.12. The first-order valence-corrected chi connectivity index (χ1v) is 10.8. The molecule has 0 atom stereocenters. The van der Waals surface area contributed by atoms with Crippen molar-refractivity contribution in [1.29, 1.82) is 0 Å². The van der Waals surface area contributed by atoms with Crippen molar-refractivity contribution >= 4 is 28.7 Å². The van der Waals surface area contributed by atoms with Crippen LogP contribution in [-0.4, -0.2) is 47.9 Å². The molecular formula is C22H24N6OS. The maximum absolute atomic E-state index is 12.8. The van der Waals surface area contributed by atoms with Crippen molar-refractivity contribution in [1.82, 2.24) is 29.2 Å². The average Bonchev–Trinajstić information content (AvgIpc) is 3.36. The molecule has 0 aliphatic carbocycles. The molecule has 4 rings (SSSR count). The number of imidazole rings is 1. The zero-order chi connectivity index (χ0) is 21.1. The second kappa shape index (κ2) is 8.71. The number of thioether (sulfide) groups is 1. The van der Waals surface area contributed by atoms with Gasteiger partial charge in [-0.3, -0.25) is 9.36 Å². The van der Waals surface area contributed by atoms with Crippen molar-refractivity contribution in [3.05, 3.63) is 66.2 Å². The lowest BCUT2D eigenvalue weighted by Gasteiger charge is -2.17. The monoisotopic (exact) mass is 420 g/mol. The number of fused-ring (bicyclic) bond motifs is 1. The SMILES string of the molecule is CCn1c(CN(C)C(=O)CSc2nncn2-c2ccc(C)cc2)nc2ccccc21. The number of nitrogens with zero attached hydrogens (tertiary/aromatic N) is 6. The average molecular weight is 421 g/mol. The number of aryl methyl sites for hydroxylation is 2. The molecule has 0 spiro atoms. The van der Waals surface area contributed by atoms with Crippen LogP contribution < -0.4 is 0 Å². The standard InChI is InChI=1S/C22H24N6OS/c1-4-27-19-8-6-5-7-18(19)24-20(27)13-26(3)21(29)14-30-22-25-23-15-28(22)17-11-9-16(2)10-12-17/h5-12,15H,4,13-14H2,1-3H3. The molecular weight excluding hydrogens is 396 g/mol. The molecule has 2 aromatic heterocycles. The molecule has 2 heterocycles. The maximum Gasteiger partial charge on any atom is 0.233 e. The van der Waals surface area contributed by atoms with Crippen LogP contribution in [0.25, 0.3) is 16.7 Å². The minimum atomic E-state index is 0.0214. The summed E-state index contributed by atoms with van der Waals surface area (Å²) in [5.41, 5.74) is 4.22. The third-order valence-corrected chi connectivity index (χ3v) is 5.94. The van der Waals surface area contributed by atoms with Crippen LogP contribution >= 0.6 is 11.8 Å². The van der Waals surface area contributed by atoms with Crippen molar-refractivity contribution in [3.63, 3.8) is 0 Å². The molecule has 0 radical (unpaired) electrons. The van der Waals surface area contributed by atoms with E-state index in [0.29, 0.717) is 11.7 Å². The Kier molecular flexibility index (Phi) is 5.85. The van der Waals surface area contributed by atoms with Crippen molar-refractivity contribution in [3.8, 4) is 5.69 Å². The number of para-hydroxylation sites is 2. The van der Waals surface area contributed by atoms with Gasteiger partial charge in [0.2, 0.25) is 5.91 Å². The van der Waals surface area contributed by atoms with Crippen LogP contribution in [-0.2, 0) is 17.9 Å². The second-order valence-corrected chi connectivity index (χ2v) is 8.06. The quantitative estimate of drug-likeness (QED) is 0.427. The zero-order valence-corrected chi connectivity index (χ0v) is 18.1. The Labute approximate surface area is 179 Å². The number of benzene rings is 2. The number of aromatic nitrogens is 5. The van der Waals surface area contributed by atoms with Crippen LogP contribution in [0.4, 0.5) is 0 Å². The van der Waals surface area contributed by atoms with Gasteiger partial charge in [-0.25, -0.2) is 4.98 Å². The van der Waals surface area contributed by atoms with E-state index in [9.17, 15) is 4.79 Å². The Morgan fingerprint density at radius 1 is 1.13 bits per heavy atom. The number of carbonyl (C=O) groups is 1. The summed E-state index contributed by atoms with van der Waals surface area (Å²) in [7, 11) is 1.81. The number of hydrogen-bond acceptors (Lipinski definition) is 5. The minimum Gasteiger partial charge on any atom is -0.338 e. The molecule has 0 fully saturated rings. The summed E-state index contributed by atoms with van der Waals surface area (Å²) in [5, 5.41) is 8.88. The molecule has 4 aromatic rings. The molecule has 8 heteroatoms. The first-order chi connectivity index (χ1) is 14.6. The summed E-state index contributed by atoms with van der Waals surface area (Å²) in [6.45, 7) is 5.42. The van der Waals surface area contributed by atoms with Gasteiger partial charge >= 0.3 is 0 Å².